The summed E-state index contributed by atoms with van der Waals surface area (Å²) in [6.45, 7) is 3.79. The van der Waals surface area contributed by atoms with Crippen LogP contribution in [0.5, 0.6) is 0 Å². The Hall–Kier alpha value is -1.35. The molecule has 0 spiro atoms. The lowest BCUT2D eigenvalue weighted by Crippen LogP contribution is -2.42. The molecule has 2 N–H and O–H groups in total. The van der Waals surface area contributed by atoms with E-state index in [2.05, 4.69) is 31.2 Å². The molecule has 0 aromatic heterocycles. The molecule has 1 saturated heterocycles. The summed E-state index contributed by atoms with van der Waals surface area (Å²) in [6, 6.07) is 10.1. The number of likely N-dealkylation sites (tertiary alicyclic amines) is 1. The second-order valence-corrected chi connectivity index (χ2v) is 5.43. The molecule has 104 valence electrons. The van der Waals surface area contributed by atoms with Crippen molar-refractivity contribution in [2.75, 3.05) is 13.1 Å². The molecular weight excluding hydrogens is 236 g/mol. The van der Waals surface area contributed by atoms with Crippen LogP contribution in [0.4, 0.5) is 0 Å². The Morgan fingerprint density at radius 3 is 2.84 bits per heavy atom. The van der Waals surface area contributed by atoms with Crippen LogP contribution < -0.4 is 5.73 Å². The van der Waals surface area contributed by atoms with Gasteiger partial charge in [0.2, 0.25) is 5.91 Å². The average Bonchev–Trinajstić information content (AvgIpc) is 2.94. The molecule has 3 heteroatoms. The van der Waals surface area contributed by atoms with Crippen LogP contribution in [0.25, 0.3) is 0 Å². The SMILES string of the molecule is CCCCC(N)C(=O)N1CCC(c2ccccc2)C1. The van der Waals surface area contributed by atoms with E-state index in [1.54, 1.807) is 0 Å². The highest BCUT2D eigenvalue weighted by atomic mass is 16.2. The zero-order chi connectivity index (χ0) is 13.7. The number of benzene rings is 1. The summed E-state index contributed by atoms with van der Waals surface area (Å²) < 4.78 is 0. The molecule has 1 aliphatic heterocycles. The number of rotatable bonds is 5. The van der Waals surface area contributed by atoms with Crippen LogP contribution >= 0.6 is 0 Å². The predicted octanol–water partition coefficient (Wildman–Crippen LogP) is 2.52. The van der Waals surface area contributed by atoms with Crippen molar-refractivity contribution < 1.29 is 4.79 Å². The summed E-state index contributed by atoms with van der Waals surface area (Å²) in [4.78, 5) is 14.2. The van der Waals surface area contributed by atoms with Crippen molar-refractivity contribution in [3.8, 4) is 0 Å². The lowest BCUT2D eigenvalue weighted by Gasteiger charge is -2.21. The molecule has 1 aliphatic rings. The first-order valence-corrected chi connectivity index (χ1v) is 7.31. The molecule has 3 nitrogen and oxygen atoms in total. The molecule has 1 amide bonds. The minimum Gasteiger partial charge on any atom is -0.341 e. The maximum Gasteiger partial charge on any atom is 0.239 e. The molecule has 0 aliphatic carbocycles. The summed E-state index contributed by atoms with van der Waals surface area (Å²) in [7, 11) is 0. The average molecular weight is 260 g/mol. The Morgan fingerprint density at radius 2 is 2.16 bits per heavy atom. The van der Waals surface area contributed by atoms with E-state index in [9.17, 15) is 4.79 Å². The van der Waals surface area contributed by atoms with E-state index in [4.69, 9.17) is 5.73 Å². The summed E-state index contributed by atoms with van der Waals surface area (Å²) in [6.07, 6.45) is 3.98. The third-order valence-corrected chi connectivity index (χ3v) is 3.96. The van der Waals surface area contributed by atoms with Crippen LogP contribution in [-0.4, -0.2) is 29.9 Å². The number of nitrogens with two attached hydrogens (primary N) is 1. The van der Waals surface area contributed by atoms with Gasteiger partial charge in [0.1, 0.15) is 0 Å². The molecular formula is C16H24N2O. The van der Waals surface area contributed by atoms with E-state index in [-0.39, 0.29) is 11.9 Å². The van der Waals surface area contributed by atoms with Crippen LogP contribution in [0.15, 0.2) is 30.3 Å². The number of carbonyl (C=O) groups is 1. The van der Waals surface area contributed by atoms with Gasteiger partial charge in [-0.3, -0.25) is 4.79 Å². The van der Waals surface area contributed by atoms with Crippen LogP contribution in [0.3, 0.4) is 0 Å². The molecule has 0 bridgehead atoms. The Labute approximate surface area is 115 Å². The van der Waals surface area contributed by atoms with Gasteiger partial charge in [-0.05, 0) is 18.4 Å². The Kier molecular flexibility index (Phi) is 4.97. The van der Waals surface area contributed by atoms with Crippen molar-refractivity contribution >= 4 is 5.91 Å². The highest BCUT2D eigenvalue weighted by molar-refractivity contribution is 5.82. The molecule has 1 aromatic rings. The van der Waals surface area contributed by atoms with Crippen molar-refractivity contribution in [3.05, 3.63) is 35.9 Å². The lowest BCUT2D eigenvalue weighted by atomic mass is 9.99. The first kappa shape index (κ1) is 14.1. The molecule has 0 radical (unpaired) electrons. The van der Waals surface area contributed by atoms with Crippen molar-refractivity contribution in [2.45, 2.75) is 44.6 Å². The number of amides is 1. The fourth-order valence-corrected chi connectivity index (χ4v) is 2.74. The molecule has 1 heterocycles. The molecule has 2 rings (SSSR count). The Balaban J connectivity index is 1.89. The summed E-state index contributed by atoms with van der Waals surface area (Å²) in [5.41, 5.74) is 7.31. The number of unbranched alkanes of at least 4 members (excludes halogenated alkanes) is 1. The smallest absolute Gasteiger partial charge is 0.239 e. The van der Waals surface area contributed by atoms with Crippen molar-refractivity contribution in [1.82, 2.24) is 4.90 Å². The molecule has 1 aromatic carbocycles. The van der Waals surface area contributed by atoms with Crippen LogP contribution in [-0.2, 0) is 4.79 Å². The van der Waals surface area contributed by atoms with Crippen LogP contribution in [0, 0.1) is 0 Å². The molecule has 0 saturated carbocycles. The third-order valence-electron chi connectivity index (χ3n) is 3.96. The van der Waals surface area contributed by atoms with Gasteiger partial charge in [-0.2, -0.15) is 0 Å². The van der Waals surface area contributed by atoms with Crippen molar-refractivity contribution in [3.63, 3.8) is 0 Å². The second kappa shape index (κ2) is 6.71. The van der Waals surface area contributed by atoms with Gasteiger partial charge in [0.25, 0.3) is 0 Å². The molecule has 1 fully saturated rings. The van der Waals surface area contributed by atoms with Gasteiger partial charge >= 0.3 is 0 Å². The highest BCUT2D eigenvalue weighted by Crippen LogP contribution is 2.27. The standard InChI is InChI=1S/C16H24N2O/c1-2-3-9-15(17)16(19)18-11-10-14(12-18)13-7-5-4-6-8-13/h4-8,14-15H,2-3,9-12,17H2,1H3. The predicted molar refractivity (Wildman–Crippen MR) is 77.9 cm³/mol. The monoisotopic (exact) mass is 260 g/mol. The second-order valence-electron chi connectivity index (χ2n) is 5.43. The van der Waals surface area contributed by atoms with Gasteiger partial charge in [0.05, 0.1) is 6.04 Å². The van der Waals surface area contributed by atoms with Gasteiger partial charge in [-0.1, -0.05) is 50.1 Å². The molecule has 19 heavy (non-hydrogen) atoms. The number of hydrogen-bond acceptors (Lipinski definition) is 2. The van der Waals surface area contributed by atoms with Gasteiger partial charge in [-0.15, -0.1) is 0 Å². The minimum atomic E-state index is -0.311. The van der Waals surface area contributed by atoms with Crippen LogP contribution in [0.2, 0.25) is 0 Å². The van der Waals surface area contributed by atoms with Gasteiger partial charge in [-0.25, -0.2) is 0 Å². The number of carbonyl (C=O) groups excluding carboxylic acids is 1. The highest BCUT2D eigenvalue weighted by Gasteiger charge is 2.29. The zero-order valence-electron chi connectivity index (χ0n) is 11.7. The third kappa shape index (κ3) is 3.57. The first-order valence-electron chi connectivity index (χ1n) is 7.31. The van der Waals surface area contributed by atoms with Crippen molar-refractivity contribution in [2.24, 2.45) is 5.73 Å². The topological polar surface area (TPSA) is 46.3 Å². The number of hydrogen-bond donors (Lipinski definition) is 1. The summed E-state index contributed by atoms with van der Waals surface area (Å²) in [5.74, 6) is 0.607. The Morgan fingerprint density at radius 1 is 1.42 bits per heavy atom. The minimum absolute atomic E-state index is 0.131. The van der Waals surface area contributed by atoms with E-state index in [0.717, 1.165) is 38.8 Å². The van der Waals surface area contributed by atoms with E-state index < -0.39 is 0 Å². The molecule has 2 unspecified atom stereocenters. The zero-order valence-corrected chi connectivity index (χ0v) is 11.7. The van der Waals surface area contributed by atoms with E-state index in [1.807, 2.05) is 11.0 Å². The van der Waals surface area contributed by atoms with Gasteiger partial charge < -0.3 is 10.6 Å². The first-order chi connectivity index (χ1) is 9.22. The fraction of sp³-hybridized carbons (Fsp3) is 0.562. The van der Waals surface area contributed by atoms with E-state index in [0.29, 0.717) is 5.92 Å². The quantitative estimate of drug-likeness (QED) is 0.884. The van der Waals surface area contributed by atoms with Crippen LogP contribution in [0.1, 0.15) is 44.1 Å². The maximum absolute atomic E-state index is 12.2. The van der Waals surface area contributed by atoms with Gasteiger partial charge in [0, 0.05) is 19.0 Å². The van der Waals surface area contributed by atoms with E-state index in [1.165, 1.54) is 5.56 Å². The maximum atomic E-state index is 12.2. The summed E-state index contributed by atoms with van der Waals surface area (Å²) in [5, 5.41) is 0. The van der Waals surface area contributed by atoms with E-state index >= 15 is 0 Å². The largest absolute Gasteiger partial charge is 0.341 e. The van der Waals surface area contributed by atoms with Gasteiger partial charge in [0.15, 0.2) is 0 Å². The fourth-order valence-electron chi connectivity index (χ4n) is 2.74. The lowest BCUT2D eigenvalue weighted by molar-refractivity contribution is -0.131. The number of nitrogens with zero attached hydrogens (tertiary/aromatic N) is 1. The molecule has 2 atom stereocenters. The van der Waals surface area contributed by atoms with Crippen molar-refractivity contribution in [1.29, 1.82) is 0 Å². The summed E-state index contributed by atoms with van der Waals surface area (Å²) >= 11 is 0. The Bertz CT molecular complexity index is 404. The normalized spacial score (nSPS) is 20.5.